The topological polar surface area (TPSA) is 67.2 Å². The van der Waals surface area contributed by atoms with E-state index < -0.39 is 0 Å². The molecule has 0 aromatic rings. The van der Waals surface area contributed by atoms with E-state index in [4.69, 9.17) is 5.73 Å². The maximum Gasteiger partial charge on any atom is 0.221 e. The summed E-state index contributed by atoms with van der Waals surface area (Å²) in [6.07, 6.45) is 17.6. The molecule has 0 fully saturated rings. The van der Waals surface area contributed by atoms with E-state index >= 15 is 0 Å². The normalized spacial score (nSPS) is 11.7. The van der Waals surface area contributed by atoms with Gasteiger partial charge in [0.25, 0.3) is 0 Å². The molecule has 0 aromatic heterocycles. The first kappa shape index (κ1) is 25.4. The molecule has 0 saturated heterocycles. The van der Waals surface area contributed by atoms with Gasteiger partial charge in [0.15, 0.2) is 0 Å². The number of hydrogen-bond acceptors (Lipinski definition) is 3. The lowest BCUT2D eigenvalue weighted by molar-refractivity contribution is -0.122. The zero-order valence-corrected chi connectivity index (χ0v) is 18.0. The number of carbonyl (C=O) groups excluding carboxylic acids is 1. The van der Waals surface area contributed by atoms with Crippen LogP contribution in [-0.2, 0) is 4.79 Å². The molecule has 0 aliphatic heterocycles. The van der Waals surface area contributed by atoms with Crippen molar-refractivity contribution < 1.29 is 4.79 Å². The third-order valence-electron chi connectivity index (χ3n) is 4.97. The second-order valence-corrected chi connectivity index (χ2v) is 8.36. The number of rotatable bonds is 19. The molecule has 0 bridgehead atoms. The van der Waals surface area contributed by atoms with Gasteiger partial charge in [0, 0.05) is 18.5 Å². The van der Waals surface area contributed by atoms with Gasteiger partial charge in [-0.15, -0.1) is 0 Å². The lowest BCUT2D eigenvalue weighted by Crippen LogP contribution is -2.44. The van der Waals surface area contributed by atoms with Crippen LogP contribution in [0.4, 0.5) is 0 Å². The second-order valence-electron chi connectivity index (χ2n) is 8.36. The number of carbonyl (C=O) groups is 1. The van der Waals surface area contributed by atoms with Crippen molar-refractivity contribution in [1.29, 1.82) is 0 Å². The van der Waals surface area contributed by atoms with Crippen molar-refractivity contribution in [3.05, 3.63) is 0 Å². The van der Waals surface area contributed by atoms with Crippen molar-refractivity contribution in [2.24, 2.45) is 5.73 Å². The summed E-state index contributed by atoms with van der Waals surface area (Å²) in [5.74, 6) is 0.151. The van der Waals surface area contributed by atoms with E-state index in [1.807, 2.05) is 0 Å². The first-order valence-corrected chi connectivity index (χ1v) is 11.2. The summed E-state index contributed by atoms with van der Waals surface area (Å²) in [4.78, 5) is 12.0. The van der Waals surface area contributed by atoms with Crippen molar-refractivity contribution in [2.45, 2.75) is 116 Å². The van der Waals surface area contributed by atoms with Crippen molar-refractivity contribution >= 4 is 5.91 Å². The Morgan fingerprint density at radius 1 is 0.808 bits per heavy atom. The summed E-state index contributed by atoms with van der Waals surface area (Å²) in [6, 6.07) is 0. The fraction of sp³-hybridized carbons (Fsp3) is 0.955. The van der Waals surface area contributed by atoms with E-state index in [2.05, 4.69) is 31.4 Å². The Bertz CT molecular complexity index is 319. The van der Waals surface area contributed by atoms with Gasteiger partial charge in [-0.05, 0) is 39.8 Å². The summed E-state index contributed by atoms with van der Waals surface area (Å²) in [7, 11) is 0. The Hall–Kier alpha value is -0.610. The third-order valence-corrected chi connectivity index (χ3v) is 4.97. The molecule has 0 heterocycles. The van der Waals surface area contributed by atoms with Gasteiger partial charge in [0.1, 0.15) is 0 Å². The number of nitrogens with two attached hydrogens (primary N) is 1. The van der Waals surface area contributed by atoms with E-state index in [1.165, 1.54) is 70.6 Å². The first-order valence-electron chi connectivity index (χ1n) is 11.2. The lowest BCUT2D eigenvalue weighted by atomic mass is 9.95. The molecule has 0 radical (unpaired) electrons. The third kappa shape index (κ3) is 18.2. The molecule has 1 amide bonds. The molecule has 0 atom stereocenters. The van der Waals surface area contributed by atoms with E-state index in [-0.39, 0.29) is 11.4 Å². The Balaban J connectivity index is 3.49. The molecule has 0 spiro atoms. The monoisotopic (exact) mass is 369 g/mol. The summed E-state index contributed by atoms with van der Waals surface area (Å²) in [6.45, 7) is 8.89. The van der Waals surface area contributed by atoms with E-state index in [0.717, 1.165) is 25.9 Å². The van der Waals surface area contributed by atoms with E-state index in [0.29, 0.717) is 13.0 Å². The molecule has 4 heteroatoms. The van der Waals surface area contributed by atoms with Crippen molar-refractivity contribution in [1.82, 2.24) is 10.6 Å². The highest BCUT2D eigenvalue weighted by atomic mass is 16.1. The van der Waals surface area contributed by atoms with Gasteiger partial charge in [0.05, 0.1) is 0 Å². The first-order chi connectivity index (χ1) is 12.5. The quantitative estimate of drug-likeness (QED) is 0.283. The van der Waals surface area contributed by atoms with Crippen molar-refractivity contribution in [3.8, 4) is 0 Å². The summed E-state index contributed by atoms with van der Waals surface area (Å²) >= 11 is 0. The van der Waals surface area contributed by atoms with E-state index in [1.54, 1.807) is 0 Å². The summed E-state index contributed by atoms with van der Waals surface area (Å²) < 4.78 is 0. The van der Waals surface area contributed by atoms with E-state index in [9.17, 15) is 4.79 Å². The van der Waals surface area contributed by atoms with Crippen molar-refractivity contribution in [3.63, 3.8) is 0 Å². The maximum atomic E-state index is 12.0. The minimum Gasteiger partial charge on any atom is -0.351 e. The predicted octanol–water partition coefficient (Wildman–Crippen LogP) is 4.91. The number of nitrogens with one attached hydrogen (secondary N) is 2. The molecule has 0 aliphatic rings. The Labute approximate surface area is 163 Å². The Morgan fingerprint density at radius 3 is 1.88 bits per heavy atom. The smallest absolute Gasteiger partial charge is 0.221 e. The highest BCUT2D eigenvalue weighted by Crippen LogP contribution is 2.16. The Morgan fingerprint density at radius 2 is 1.35 bits per heavy atom. The van der Waals surface area contributed by atoms with Gasteiger partial charge in [-0.1, -0.05) is 77.6 Å². The van der Waals surface area contributed by atoms with Gasteiger partial charge >= 0.3 is 0 Å². The molecule has 4 N–H and O–H groups in total. The predicted molar refractivity (Wildman–Crippen MR) is 114 cm³/mol. The summed E-state index contributed by atoms with van der Waals surface area (Å²) in [5, 5.41) is 6.43. The van der Waals surface area contributed by atoms with Crippen LogP contribution in [0, 0.1) is 0 Å². The second kappa shape index (κ2) is 17.8. The van der Waals surface area contributed by atoms with Crippen molar-refractivity contribution in [2.75, 3.05) is 19.6 Å². The van der Waals surface area contributed by atoms with Crippen LogP contribution in [0.3, 0.4) is 0 Å². The largest absolute Gasteiger partial charge is 0.351 e. The lowest BCUT2D eigenvalue weighted by Gasteiger charge is -2.26. The molecule has 26 heavy (non-hydrogen) atoms. The summed E-state index contributed by atoms with van der Waals surface area (Å²) in [5.41, 5.74) is 5.36. The minimum absolute atomic E-state index is 0.0897. The van der Waals surface area contributed by atoms with Crippen LogP contribution in [0.25, 0.3) is 0 Å². The molecule has 156 valence electrons. The fourth-order valence-electron chi connectivity index (χ4n) is 3.29. The molecule has 0 unspecified atom stereocenters. The average Bonchev–Trinajstić information content (AvgIpc) is 2.59. The molecular formula is C22H47N3O. The Kier molecular flexibility index (Phi) is 17.4. The standard InChI is InChI=1S/C22H47N3O/c1-4-5-6-7-8-9-10-11-12-13-14-17-22(2,3)25-21(26)16-20-24-19-15-18-23/h24H,4-20,23H2,1-3H3,(H,25,26). The van der Waals surface area contributed by atoms with Gasteiger partial charge in [0.2, 0.25) is 5.91 Å². The van der Waals surface area contributed by atoms with Gasteiger partial charge in [-0.3, -0.25) is 4.79 Å². The van der Waals surface area contributed by atoms with Crippen LogP contribution in [-0.4, -0.2) is 31.1 Å². The highest BCUT2D eigenvalue weighted by Gasteiger charge is 2.19. The van der Waals surface area contributed by atoms with Crippen LogP contribution in [0.15, 0.2) is 0 Å². The molecule has 0 aliphatic carbocycles. The molecule has 0 rings (SSSR count). The van der Waals surface area contributed by atoms with Crippen LogP contribution >= 0.6 is 0 Å². The zero-order valence-electron chi connectivity index (χ0n) is 18.0. The molecule has 4 nitrogen and oxygen atoms in total. The van der Waals surface area contributed by atoms with Crippen LogP contribution in [0.5, 0.6) is 0 Å². The number of hydrogen-bond donors (Lipinski definition) is 3. The molecule has 0 saturated carbocycles. The highest BCUT2D eigenvalue weighted by molar-refractivity contribution is 5.76. The molecule has 0 aromatic carbocycles. The molecular weight excluding hydrogens is 322 g/mol. The fourth-order valence-corrected chi connectivity index (χ4v) is 3.29. The van der Waals surface area contributed by atoms with Crippen LogP contribution in [0.1, 0.15) is 111 Å². The van der Waals surface area contributed by atoms with Crippen LogP contribution < -0.4 is 16.4 Å². The maximum absolute atomic E-state index is 12.0. The van der Waals surface area contributed by atoms with Gasteiger partial charge in [-0.2, -0.15) is 0 Å². The SMILES string of the molecule is CCCCCCCCCCCCCC(C)(C)NC(=O)CCNCCCN. The average molecular weight is 370 g/mol. The zero-order chi connectivity index (χ0) is 19.5. The number of amides is 1. The van der Waals surface area contributed by atoms with Gasteiger partial charge in [-0.25, -0.2) is 0 Å². The van der Waals surface area contributed by atoms with Gasteiger partial charge < -0.3 is 16.4 Å². The van der Waals surface area contributed by atoms with Crippen LogP contribution in [0.2, 0.25) is 0 Å². The minimum atomic E-state index is -0.0897. The number of unbranched alkanes of at least 4 members (excludes halogenated alkanes) is 10.